The van der Waals surface area contributed by atoms with Gasteiger partial charge in [0.25, 0.3) is 0 Å². The molecule has 0 amide bonds. The second-order valence-corrected chi connectivity index (χ2v) is 6.57. The number of halogens is 2. The first-order valence-corrected chi connectivity index (χ1v) is 7.76. The Morgan fingerprint density at radius 2 is 2.10 bits per heavy atom. The van der Waals surface area contributed by atoms with Crippen LogP contribution in [-0.2, 0) is 23.6 Å². The Labute approximate surface area is 126 Å². The number of aromatic nitrogens is 2. The molecule has 1 aromatic carbocycles. The maximum absolute atomic E-state index is 12.2. The van der Waals surface area contributed by atoms with Gasteiger partial charge in [0, 0.05) is 19.4 Å². The fraction of sp³-hybridized carbons (Fsp3) is 0.182. The highest BCUT2D eigenvalue weighted by Gasteiger charge is 2.21. The maximum Gasteiger partial charge on any atom is 0.242 e. The van der Waals surface area contributed by atoms with Crippen LogP contribution in [0, 0.1) is 0 Å². The van der Waals surface area contributed by atoms with E-state index in [2.05, 4.69) is 9.71 Å². The van der Waals surface area contributed by atoms with Gasteiger partial charge in [0.05, 0.1) is 22.3 Å². The fourth-order valence-electron chi connectivity index (χ4n) is 1.56. The Morgan fingerprint density at radius 1 is 1.40 bits per heavy atom. The van der Waals surface area contributed by atoms with E-state index in [0.717, 1.165) is 0 Å². The summed E-state index contributed by atoms with van der Waals surface area (Å²) in [6, 6.07) is 2.69. The molecule has 20 heavy (non-hydrogen) atoms. The zero-order chi connectivity index (χ0) is 14.9. The number of nitrogen functional groups attached to an aromatic ring is 1. The number of sulfonamides is 1. The molecule has 0 saturated carbocycles. The summed E-state index contributed by atoms with van der Waals surface area (Å²) in [5, 5.41) is 0.114. The van der Waals surface area contributed by atoms with Crippen LogP contribution in [-0.4, -0.2) is 18.0 Å². The first-order valence-electron chi connectivity index (χ1n) is 5.52. The number of nitrogens with one attached hydrogen (secondary N) is 1. The van der Waals surface area contributed by atoms with Gasteiger partial charge in [-0.1, -0.05) is 23.2 Å². The topological polar surface area (TPSA) is 90.0 Å². The lowest BCUT2D eigenvalue weighted by atomic mass is 10.3. The van der Waals surface area contributed by atoms with Crippen molar-refractivity contribution in [3.63, 3.8) is 0 Å². The van der Waals surface area contributed by atoms with Crippen molar-refractivity contribution in [3.8, 4) is 0 Å². The first kappa shape index (κ1) is 15.1. The van der Waals surface area contributed by atoms with Gasteiger partial charge in [-0.05, 0) is 12.1 Å². The van der Waals surface area contributed by atoms with Gasteiger partial charge in [-0.15, -0.1) is 0 Å². The van der Waals surface area contributed by atoms with E-state index < -0.39 is 10.0 Å². The van der Waals surface area contributed by atoms with Crippen molar-refractivity contribution < 1.29 is 8.42 Å². The SMILES string of the molecule is Cn1ccnc1CNS(=O)(=O)c1ccc(Cl)c(N)c1Cl. The van der Waals surface area contributed by atoms with E-state index in [0.29, 0.717) is 5.82 Å². The summed E-state index contributed by atoms with van der Waals surface area (Å²) in [6.07, 6.45) is 3.30. The third-order valence-corrected chi connectivity index (χ3v) is 5.01. The van der Waals surface area contributed by atoms with E-state index in [4.69, 9.17) is 28.9 Å². The minimum atomic E-state index is -3.80. The van der Waals surface area contributed by atoms with E-state index in [1.807, 2.05) is 0 Å². The Balaban J connectivity index is 2.27. The molecule has 0 aliphatic rings. The highest BCUT2D eigenvalue weighted by atomic mass is 35.5. The van der Waals surface area contributed by atoms with Crippen molar-refractivity contribution in [3.05, 3.63) is 40.4 Å². The van der Waals surface area contributed by atoms with E-state index in [9.17, 15) is 8.42 Å². The summed E-state index contributed by atoms with van der Waals surface area (Å²) in [6.45, 7) is 0.0463. The highest BCUT2D eigenvalue weighted by Crippen LogP contribution is 2.32. The molecule has 0 unspecified atom stereocenters. The molecule has 9 heteroatoms. The van der Waals surface area contributed by atoms with Crippen molar-refractivity contribution in [2.45, 2.75) is 11.4 Å². The minimum absolute atomic E-state index is 0.0354. The van der Waals surface area contributed by atoms with E-state index >= 15 is 0 Å². The average molecular weight is 335 g/mol. The molecule has 108 valence electrons. The van der Waals surface area contributed by atoms with Crippen LogP contribution >= 0.6 is 23.2 Å². The van der Waals surface area contributed by atoms with Crippen LogP contribution in [0.25, 0.3) is 0 Å². The first-order chi connectivity index (χ1) is 9.33. The van der Waals surface area contributed by atoms with E-state index in [-0.39, 0.29) is 27.2 Å². The standard InChI is InChI=1S/C11H12Cl2N4O2S/c1-17-5-4-15-9(17)6-16-20(18,19)8-3-2-7(12)11(14)10(8)13/h2-5,16H,6,14H2,1H3. The predicted octanol–water partition coefficient (Wildman–Crippen LogP) is 1.79. The van der Waals surface area contributed by atoms with Crippen LogP contribution < -0.4 is 10.5 Å². The van der Waals surface area contributed by atoms with Crippen LogP contribution in [0.5, 0.6) is 0 Å². The lowest BCUT2D eigenvalue weighted by molar-refractivity contribution is 0.577. The average Bonchev–Trinajstić information content (AvgIpc) is 2.79. The molecule has 0 saturated heterocycles. The van der Waals surface area contributed by atoms with Gasteiger partial charge >= 0.3 is 0 Å². The molecular weight excluding hydrogens is 323 g/mol. The molecule has 0 spiro atoms. The van der Waals surface area contributed by atoms with Gasteiger partial charge in [0.15, 0.2) is 0 Å². The summed E-state index contributed by atoms with van der Waals surface area (Å²) in [7, 11) is -2.03. The Bertz CT molecular complexity index is 743. The molecule has 0 atom stereocenters. The summed E-state index contributed by atoms with van der Waals surface area (Å²) in [5.74, 6) is 0.576. The van der Waals surface area contributed by atoms with Crippen molar-refractivity contribution in [1.29, 1.82) is 0 Å². The number of aryl methyl sites for hydroxylation is 1. The Hall–Kier alpha value is -1.28. The zero-order valence-corrected chi connectivity index (χ0v) is 12.8. The van der Waals surface area contributed by atoms with Gasteiger partial charge in [0.1, 0.15) is 10.7 Å². The molecule has 2 aromatic rings. The predicted molar refractivity (Wildman–Crippen MR) is 78.1 cm³/mol. The molecule has 0 aliphatic carbocycles. The monoisotopic (exact) mass is 334 g/mol. The number of rotatable bonds is 4. The van der Waals surface area contributed by atoms with E-state index in [1.54, 1.807) is 24.0 Å². The number of hydrogen-bond acceptors (Lipinski definition) is 4. The number of nitrogens with zero attached hydrogens (tertiary/aromatic N) is 2. The number of hydrogen-bond donors (Lipinski definition) is 2. The summed E-state index contributed by atoms with van der Waals surface area (Å²) >= 11 is 11.7. The molecule has 2 rings (SSSR count). The maximum atomic E-state index is 12.2. The number of anilines is 1. The van der Waals surface area contributed by atoms with Crippen molar-refractivity contribution in [2.75, 3.05) is 5.73 Å². The van der Waals surface area contributed by atoms with Gasteiger partial charge < -0.3 is 10.3 Å². The lowest BCUT2D eigenvalue weighted by Gasteiger charge is -2.10. The number of imidazole rings is 1. The Kier molecular flexibility index (Phi) is 4.24. The van der Waals surface area contributed by atoms with Crippen LogP contribution in [0.2, 0.25) is 10.0 Å². The van der Waals surface area contributed by atoms with Gasteiger partial charge in [-0.2, -0.15) is 0 Å². The van der Waals surface area contributed by atoms with Crippen molar-refractivity contribution >= 4 is 38.9 Å². The fourth-order valence-corrected chi connectivity index (χ4v) is 3.30. The second kappa shape index (κ2) is 5.61. The molecule has 3 N–H and O–H groups in total. The molecule has 0 bridgehead atoms. The smallest absolute Gasteiger partial charge is 0.242 e. The highest BCUT2D eigenvalue weighted by molar-refractivity contribution is 7.89. The molecule has 1 heterocycles. The Morgan fingerprint density at radius 3 is 2.70 bits per heavy atom. The summed E-state index contributed by atoms with van der Waals surface area (Å²) < 4.78 is 28.5. The van der Waals surface area contributed by atoms with Gasteiger partial charge in [-0.25, -0.2) is 18.1 Å². The number of nitrogens with two attached hydrogens (primary N) is 1. The molecule has 1 aromatic heterocycles. The largest absolute Gasteiger partial charge is 0.396 e. The lowest BCUT2D eigenvalue weighted by Crippen LogP contribution is -2.25. The summed E-state index contributed by atoms with van der Waals surface area (Å²) in [5.41, 5.74) is 5.66. The van der Waals surface area contributed by atoms with Gasteiger partial charge in [-0.3, -0.25) is 0 Å². The van der Waals surface area contributed by atoms with Crippen LogP contribution in [0.1, 0.15) is 5.82 Å². The third kappa shape index (κ3) is 2.90. The third-order valence-electron chi connectivity index (χ3n) is 2.72. The number of benzene rings is 1. The normalized spacial score (nSPS) is 11.8. The molecule has 6 nitrogen and oxygen atoms in total. The van der Waals surface area contributed by atoms with Crippen molar-refractivity contribution in [1.82, 2.24) is 14.3 Å². The van der Waals surface area contributed by atoms with Crippen LogP contribution in [0.3, 0.4) is 0 Å². The summed E-state index contributed by atoms with van der Waals surface area (Å²) in [4.78, 5) is 3.91. The van der Waals surface area contributed by atoms with Crippen LogP contribution in [0.4, 0.5) is 5.69 Å². The molecule has 0 radical (unpaired) electrons. The molecule has 0 fully saturated rings. The second-order valence-electron chi connectivity index (χ2n) is 4.05. The van der Waals surface area contributed by atoms with Crippen LogP contribution in [0.15, 0.2) is 29.4 Å². The van der Waals surface area contributed by atoms with Crippen molar-refractivity contribution in [2.24, 2.45) is 7.05 Å². The minimum Gasteiger partial charge on any atom is -0.396 e. The zero-order valence-electron chi connectivity index (χ0n) is 10.5. The molecule has 0 aliphatic heterocycles. The van der Waals surface area contributed by atoms with Gasteiger partial charge in [0.2, 0.25) is 10.0 Å². The molecular formula is C11H12Cl2N4O2S. The van der Waals surface area contributed by atoms with E-state index in [1.165, 1.54) is 12.1 Å². The quantitative estimate of drug-likeness (QED) is 0.834.